The quantitative estimate of drug-likeness (QED) is 0.629. The van der Waals surface area contributed by atoms with Crippen LogP contribution in [0.2, 0.25) is 0 Å². The first-order valence-corrected chi connectivity index (χ1v) is 5.08. The third kappa shape index (κ3) is 4.36. The molecule has 0 unspecified atom stereocenters. The maximum atomic E-state index is 12.2. The molecule has 0 atom stereocenters. The summed E-state index contributed by atoms with van der Waals surface area (Å²) in [5.41, 5.74) is -1.08. The van der Waals surface area contributed by atoms with Gasteiger partial charge in [0.2, 0.25) is 0 Å². The third-order valence-electron chi connectivity index (χ3n) is 2.18. The van der Waals surface area contributed by atoms with E-state index in [0.717, 1.165) is 12.1 Å². The van der Waals surface area contributed by atoms with Crippen LogP contribution in [0.25, 0.3) is 0 Å². The number of rotatable bonds is 3. The number of carboxylic acid groups (broad SMARTS) is 1. The zero-order chi connectivity index (χ0) is 16.4. The second-order valence-corrected chi connectivity index (χ2v) is 3.73. The van der Waals surface area contributed by atoms with Gasteiger partial charge in [-0.15, -0.1) is 0 Å². The molecule has 0 bridgehead atoms. The summed E-state index contributed by atoms with van der Waals surface area (Å²) in [5.74, 6) is -3.52. The summed E-state index contributed by atoms with van der Waals surface area (Å²) < 4.78 is 76.5. The highest BCUT2D eigenvalue weighted by atomic mass is 19.4. The molecule has 0 N–H and O–H groups in total. The predicted molar refractivity (Wildman–Crippen MR) is 52.1 cm³/mol. The fourth-order valence-electron chi connectivity index (χ4n) is 1.24. The van der Waals surface area contributed by atoms with Crippen molar-refractivity contribution in [2.75, 3.05) is 0 Å². The highest BCUT2D eigenvalue weighted by Crippen LogP contribution is 2.36. The van der Waals surface area contributed by atoms with Gasteiger partial charge in [0.15, 0.2) is 0 Å². The van der Waals surface area contributed by atoms with E-state index in [0.29, 0.717) is 12.1 Å². The molecule has 1 aromatic rings. The van der Waals surface area contributed by atoms with Crippen molar-refractivity contribution in [2.45, 2.75) is 18.5 Å². The molecule has 1 aromatic carbocycles. The van der Waals surface area contributed by atoms with Crippen LogP contribution in [-0.4, -0.2) is 30.4 Å². The minimum absolute atomic E-state index is 0.408. The monoisotopic (exact) mass is 315 g/mol. The number of carbonyl (C=O) groups excluding carboxylic acids is 2. The Kier molecular flexibility index (Phi) is 4.49. The van der Waals surface area contributed by atoms with Gasteiger partial charge in [0, 0.05) is 0 Å². The van der Waals surface area contributed by atoms with Crippen molar-refractivity contribution < 1.29 is 45.8 Å². The average molecular weight is 315 g/mol. The van der Waals surface area contributed by atoms with Crippen molar-refractivity contribution in [1.82, 2.24) is 0 Å². The van der Waals surface area contributed by atoms with Gasteiger partial charge in [-0.05, 0) is 17.7 Å². The van der Waals surface area contributed by atoms with Gasteiger partial charge in [0.05, 0.1) is 11.5 Å². The number of esters is 1. The van der Waals surface area contributed by atoms with Crippen LogP contribution in [0.15, 0.2) is 24.3 Å². The molecule has 0 heterocycles. The Balaban J connectivity index is 2.95. The molecular weight excluding hydrogens is 310 g/mol. The highest BCUT2D eigenvalue weighted by molar-refractivity contribution is 5.92. The van der Waals surface area contributed by atoms with Gasteiger partial charge in [-0.25, -0.2) is 4.79 Å². The Hall–Kier alpha value is -2.26. The van der Waals surface area contributed by atoms with Crippen molar-refractivity contribution in [3.63, 3.8) is 0 Å². The summed E-state index contributed by atoms with van der Waals surface area (Å²) in [5, 5.41) is 10.4. The van der Waals surface area contributed by atoms with Gasteiger partial charge in [-0.1, -0.05) is 12.1 Å². The Morgan fingerprint density at radius 1 is 0.905 bits per heavy atom. The molecule has 1 rings (SSSR count). The molecule has 0 saturated carbocycles. The van der Waals surface area contributed by atoms with E-state index in [9.17, 15) is 41.0 Å². The standard InChI is InChI=1S/C11H6F6O4/c12-10(13,14)9(11(15,16)17)21-8(20)6-3-1-5(2-4-6)7(18)19/h1-4,9H,(H,18,19)/p-1. The Morgan fingerprint density at radius 2 is 1.29 bits per heavy atom. The Labute approximate surface area is 112 Å². The lowest BCUT2D eigenvalue weighted by molar-refractivity contribution is -0.307. The highest BCUT2D eigenvalue weighted by Gasteiger charge is 2.59. The van der Waals surface area contributed by atoms with Gasteiger partial charge in [0.25, 0.3) is 6.10 Å². The third-order valence-corrected chi connectivity index (χ3v) is 2.18. The van der Waals surface area contributed by atoms with E-state index in [2.05, 4.69) is 4.74 Å². The molecule has 0 amide bonds. The number of hydrogen-bond donors (Lipinski definition) is 0. The smallest absolute Gasteiger partial charge is 0.434 e. The van der Waals surface area contributed by atoms with Crippen molar-refractivity contribution in [2.24, 2.45) is 0 Å². The maximum absolute atomic E-state index is 12.2. The molecule has 4 nitrogen and oxygen atoms in total. The number of carbonyl (C=O) groups is 2. The van der Waals surface area contributed by atoms with Gasteiger partial charge in [-0.2, -0.15) is 26.3 Å². The van der Waals surface area contributed by atoms with Crippen LogP contribution in [0.4, 0.5) is 26.3 Å². The molecule has 0 fully saturated rings. The molecule has 0 radical (unpaired) electrons. The van der Waals surface area contributed by atoms with Gasteiger partial charge < -0.3 is 14.6 Å². The number of aromatic carboxylic acids is 1. The van der Waals surface area contributed by atoms with E-state index in [-0.39, 0.29) is 0 Å². The van der Waals surface area contributed by atoms with E-state index in [1.807, 2.05) is 0 Å². The number of alkyl halides is 6. The number of halogens is 6. The van der Waals surface area contributed by atoms with Crippen molar-refractivity contribution in [3.05, 3.63) is 35.4 Å². The number of benzene rings is 1. The lowest BCUT2D eigenvalue weighted by Gasteiger charge is -2.22. The molecule has 21 heavy (non-hydrogen) atoms. The fourth-order valence-corrected chi connectivity index (χ4v) is 1.24. The number of hydrogen-bond acceptors (Lipinski definition) is 4. The van der Waals surface area contributed by atoms with E-state index >= 15 is 0 Å². The Morgan fingerprint density at radius 3 is 1.62 bits per heavy atom. The van der Waals surface area contributed by atoms with Crippen LogP contribution in [0, 0.1) is 0 Å². The van der Waals surface area contributed by atoms with E-state index in [1.165, 1.54) is 0 Å². The van der Waals surface area contributed by atoms with Crippen LogP contribution in [0.3, 0.4) is 0 Å². The first-order chi connectivity index (χ1) is 9.43. The summed E-state index contributed by atoms with van der Waals surface area (Å²) in [4.78, 5) is 21.6. The second-order valence-electron chi connectivity index (χ2n) is 3.73. The van der Waals surface area contributed by atoms with Gasteiger partial charge in [0.1, 0.15) is 0 Å². The van der Waals surface area contributed by atoms with Gasteiger partial charge in [-0.3, -0.25) is 0 Å². The molecular formula is C11H5F6O4-. The number of ether oxygens (including phenoxy) is 1. The molecule has 0 aliphatic heterocycles. The van der Waals surface area contributed by atoms with Crippen LogP contribution in [0.5, 0.6) is 0 Å². The first kappa shape index (κ1) is 16.8. The SMILES string of the molecule is O=C([O-])c1ccc(C(=O)OC(C(F)(F)F)C(F)(F)F)cc1. The van der Waals surface area contributed by atoms with Crippen molar-refractivity contribution in [1.29, 1.82) is 0 Å². The van der Waals surface area contributed by atoms with Crippen LogP contribution in [0.1, 0.15) is 20.7 Å². The van der Waals surface area contributed by atoms with E-state index in [1.54, 1.807) is 0 Å². The second kappa shape index (κ2) is 5.62. The summed E-state index contributed by atoms with van der Waals surface area (Å²) in [6, 6.07) is 2.97. The molecule has 116 valence electrons. The van der Waals surface area contributed by atoms with E-state index < -0.39 is 41.5 Å². The predicted octanol–water partition coefficient (Wildman–Crippen LogP) is 1.70. The lowest BCUT2D eigenvalue weighted by Crippen LogP contribution is -2.45. The fraction of sp³-hybridized carbons (Fsp3) is 0.273. The Bertz CT molecular complexity index is 517. The summed E-state index contributed by atoms with van der Waals surface area (Å²) in [7, 11) is 0. The van der Waals surface area contributed by atoms with Crippen LogP contribution >= 0.6 is 0 Å². The summed E-state index contributed by atoms with van der Waals surface area (Å²) >= 11 is 0. The number of carboxylic acids is 1. The van der Waals surface area contributed by atoms with E-state index in [4.69, 9.17) is 0 Å². The molecule has 0 aliphatic carbocycles. The zero-order valence-electron chi connectivity index (χ0n) is 9.79. The molecule has 0 aliphatic rings. The molecule has 0 spiro atoms. The van der Waals surface area contributed by atoms with Gasteiger partial charge >= 0.3 is 18.3 Å². The van der Waals surface area contributed by atoms with Crippen molar-refractivity contribution >= 4 is 11.9 Å². The summed E-state index contributed by atoms with van der Waals surface area (Å²) in [6.45, 7) is 0. The molecule has 0 aromatic heterocycles. The average Bonchev–Trinajstić information content (AvgIpc) is 2.33. The van der Waals surface area contributed by atoms with Crippen LogP contribution < -0.4 is 5.11 Å². The van der Waals surface area contributed by atoms with Crippen molar-refractivity contribution in [3.8, 4) is 0 Å². The summed E-state index contributed by atoms with van der Waals surface area (Å²) in [6.07, 6.45) is -15.9. The topological polar surface area (TPSA) is 66.4 Å². The molecule has 0 saturated heterocycles. The normalized spacial score (nSPS) is 12.3. The minimum atomic E-state index is -5.82. The maximum Gasteiger partial charge on any atom is 0.434 e. The first-order valence-electron chi connectivity index (χ1n) is 5.08. The lowest BCUT2D eigenvalue weighted by atomic mass is 10.1. The zero-order valence-corrected chi connectivity index (χ0v) is 9.79. The molecule has 10 heteroatoms. The van der Waals surface area contributed by atoms with Crippen LogP contribution in [-0.2, 0) is 4.74 Å². The minimum Gasteiger partial charge on any atom is -0.545 e. The largest absolute Gasteiger partial charge is 0.545 e.